The number of rotatable bonds is 7. The Kier molecular flexibility index (Phi) is 5.37. The maximum atomic E-state index is 11.0. The summed E-state index contributed by atoms with van der Waals surface area (Å²) in [5.41, 5.74) is 0.795. The maximum Gasteiger partial charge on any atom is 0.217 e. The van der Waals surface area contributed by atoms with E-state index in [9.17, 15) is 4.79 Å². The highest BCUT2D eigenvalue weighted by atomic mass is 16.5. The van der Waals surface area contributed by atoms with E-state index in [1.165, 1.54) is 6.92 Å². The summed E-state index contributed by atoms with van der Waals surface area (Å²) >= 11 is 0. The molecule has 2 aromatic heterocycles. The van der Waals surface area contributed by atoms with Crippen molar-refractivity contribution in [2.75, 3.05) is 19.6 Å². The first-order valence-corrected chi connectivity index (χ1v) is 8.10. The van der Waals surface area contributed by atoms with Crippen molar-refractivity contribution in [3.05, 3.63) is 36.7 Å². The second-order valence-corrected chi connectivity index (χ2v) is 5.88. The van der Waals surface area contributed by atoms with Gasteiger partial charge in [0.1, 0.15) is 24.5 Å². The molecule has 0 spiro atoms. The number of aromatic nitrogens is 4. The Balaban J connectivity index is 1.46. The molecule has 1 fully saturated rings. The molecule has 3 rings (SSSR count). The average Bonchev–Trinajstić information content (AvgIpc) is 3.23. The van der Waals surface area contributed by atoms with Gasteiger partial charge in [-0.3, -0.25) is 19.4 Å². The summed E-state index contributed by atoms with van der Waals surface area (Å²) < 4.78 is 7.90. The second-order valence-electron chi connectivity index (χ2n) is 5.88. The monoisotopic (exact) mass is 330 g/mol. The molecular weight excluding hydrogens is 308 g/mol. The van der Waals surface area contributed by atoms with Gasteiger partial charge >= 0.3 is 0 Å². The number of ether oxygens (including phenoxy) is 1. The van der Waals surface area contributed by atoms with Gasteiger partial charge in [0.2, 0.25) is 5.91 Å². The molecule has 1 unspecified atom stereocenters. The van der Waals surface area contributed by atoms with E-state index >= 15 is 0 Å². The van der Waals surface area contributed by atoms with Crippen LogP contribution < -0.4 is 10.1 Å². The fourth-order valence-corrected chi connectivity index (χ4v) is 2.72. The first kappa shape index (κ1) is 16.4. The predicted octanol–water partition coefficient (Wildman–Crippen LogP) is 0.462. The fraction of sp³-hybridized carbons (Fsp3) is 0.500. The van der Waals surface area contributed by atoms with Crippen LogP contribution in [0.15, 0.2) is 31.0 Å². The van der Waals surface area contributed by atoms with Crippen molar-refractivity contribution in [2.24, 2.45) is 0 Å². The molecule has 3 heterocycles. The Bertz CT molecular complexity index is 660. The lowest BCUT2D eigenvalue weighted by Crippen LogP contribution is -2.28. The molecule has 1 aliphatic rings. The van der Waals surface area contributed by atoms with Gasteiger partial charge in [-0.15, -0.1) is 0 Å². The van der Waals surface area contributed by atoms with Crippen molar-refractivity contribution in [1.82, 2.24) is 30.0 Å². The number of nitrogens with one attached hydrogen (secondary N) is 1. The van der Waals surface area contributed by atoms with Crippen LogP contribution in [-0.4, -0.2) is 56.3 Å². The smallest absolute Gasteiger partial charge is 0.217 e. The lowest BCUT2D eigenvalue weighted by Gasteiger charge is -2.17. The van der Waals surface area contributed by atoms with E-state index in [2.05, 4.69) is 25.3 Å². The molecule has 128 valence electrons. The molecule has 8 nitrogen and oxygen atoms in total. The van der Waals surface area contributed by atoms with Crippen LogP contribution >= 0.6 is 0 Å². The lowest BCUT2D eigenvalue weighted by molar-refractivity contribution is -0.119. The van der Waals surface area contributed by atoms with Crippen LogP contribution in [0.2, 0.25) is 0 Å². The zero-order valence-electron chi connectivity index (χ0n) is 13.8. The van der Waals surface area contributed by atoms with E-state index in [4.69, 9.17) is 4.74 Å². The van der Waals surface area contributed by atoms with Gasteiger partial charge in [0.25, 0.3) is 0 Å². The van der Waals surface area contributed by atoms with Crippen LogP contribution in [0.5, 0.6) is 5.75 Å². The van der Waals surface area contributed by atoms with Gasteiger partial charge in [0.15, 0.2) is 0 Å². The largest absolute Gasteiger partial charge is 0.489 e. The van der Waals surface area contributed by atoms with Crippen LogP contribution in [0, 0.1) is 0 Å². The molecule has 8 heteroatoms. The summed E-state index contributed by atoms with van der Waals surface area (Å²) in [6.45, 7) is 5.60. The van der Waals surface area contributed by atoms with Crippen LogP contribution in [0.1, 0.15) is 19.0 Å². The third kappa shape index (κ3) is 4.76. The Morgan fingerprint density at radius 2 is 2.38 bits per heavy atom. The van der Waals surface area contributed by atoms with Crippen molar-refractivity contribution >= 4 is 5.91 Å². The molecule has 1 saturated heterocycles. The van der Waals surface area contributed by atoms with Crippen LogP contribution in [0.4, 0.5) is 0 Å². The van der Waals surface area contributed by atoms with E-state index in [1.807, 2.05) is 16.8 Å². The van der Waals surface area contributed by atoms with E-state index in [1.54, 1.807) is 18.9 Å². The van der Waals surface area contributed by atoms with Crippen LogP contribution in [0.25, 0.3) is 0 Å². The Morgan fingerprint density at radius 3 is 3.17 bits per heavy atom. The number of hydrogen-bond donors (Lipinski definition) is 1. The highest BCUT2D eigenvalue weighted by molar-refractivity contribution is 5.72. The highest BCUT2D eigenvalue weighted by Gasteiger charge is 2.23. The van der Waals surface area contributed by atoms with Crippen molar-refractivity contribution in [3.63, 3.8) is 0 Å². The number of amides is 1. The van der Waals surface area contributed by atoms with Crippen molar-refractivity contribution in [2.45, 2.75) is 32.5 Å². The van der Waals surface area contributed by atoms with Gasteiger partial charge in [-0.25, -0.2) is 4.98 Å². The van der Waals surface area contributed by atoms with Gasteiger partial charge in [-0.2, -0.15) is 5.10 Å². The molecule has 0 aromatic carbocycles. The molecular formula is C16H22N6O2. The van der Waals surface area contributed by atoms with E-state index < -0.39 is 0 Å². The summed E-state index contributed by atoms with van der Waals surface area (Å²) in [6, 6.07) is 3.74. The summed E-state index contributed by atoms with van der Waals surface area (Å²) in [7, 11) is 0. The van der Waals surface area contributed by atoms with Gasteiger partial charge in [-0.1, -0.05) is 0 Å². The third-order valence-electron chi connectivity index (χ3n) is 3.95. The lowest BCUT2D eigenvalue weighted by atomic mass is 10.3. The molecule has 0 aliphatic carbocycles. The van der Waals surface area contributed by atoms with Gasteiger partial charge in [-0.05, 0) is 12.5 Å². The Hall–Kier alpha value is -2.48. The molecule has 1 amide bonds. The molecule has 1 atom stereocenters. The average molecular weight is 330 g/mol. The maximum absolute atomic E-state index is 11.0. The standard InChI is InChI=1S/C16H22N6O2/c1-13(23)19-9-14-8-15(2-4-18-14)24-16-3-5-21(10-16)6-7-22-12-17-11-20-22/h2,4,8,11-12,16H,3,5-7,9-10H2,1H3,(H,19,23). The quantitative estimate of drug-likeness (QED) is 0.794. The number of carbonyl (C=O) groups is 1. The fourth-order valence-electron chi connectivity index (χ4n) is 2.72. The van der Waals surface area contributed by atoms with E-state index in [-0.39, 0.29) is 12.0 Å². The molecule has 1 aliphatic heterocycles. The number of likely N-dealkylation sites (tertiary alicyclic amines) is 1. The zero-order chi connectivity index (χ0) is 16.8. The van der Waals surface area contributed by atoms with Crippen molar-refractivity contribution in [1.29, 1.82) is 0 Å². The molecule has 2 aromatic rings. The number of nitrogens with zero attached hydrogens (tertiary/aromatic N) is 5. The SMILES string of the molecule is CC(=O)NCc1cc(OC2CCN(CCn3cncn3)C2)ccn1. The van der Waals surface area contributed by atoms with Gasteiger partial charge < -0.3 is 10.1 Å². The van der Waals surface area contributed by atoms with Crippen molar-refractivity contribution in [3.8, 4) is 5.75 Å². The van der Waals surface area contributed by atoms with E-state index in [0.717, 1.165) is 44.0 Å². The van der Waals surface area contributed by atoms with Crippen molar-refractivity contribution < 1.29 is 9.53 Å². The number of pyridine rings is 1. The summed E-state index contributed by atoms with van der Waals surface area (Å²) in [5.74, 6) is 0.732. The molecule has 1 N–H and O–H groups in total. The topological polar surface area (TPSA) is 85.2 Å². The van der Waals surface area contributed by atoms with Crippen LogP contribution in [-0.2, 0) is 17.9 Å². The predicted molar refractivity (Wildman–Crippen MR) is 87.3 cm³/mol. The first-order valence-electron chi connectivity index (χ1n) is 8.10. The summed E-state index contributed by atoms with van der Waals surface area (Å²) in [4.78, 5) is 21.5. The number of carbonyl (C=O) groups excluding carboxylic acids is 1. The summed E-state index contributed by atoms with van der Waals surface area (Å²) in [5, 5.41) is 6.86. The summed E-state index contributed by atoms with van der Waals surface area (Å²) in [6.07, 6.45) is 6.18. The van der Waals surface area contributed by atoms with Crippen LogP contribution in [0.3, 0.4) is 0 Å². The normalized spacial score (nSPS) is 17.8. The van der Waals surface area contributed by atoms with Gasteiger partial charge in [0.05, 0.1) is 18.8 Å². The van der Waals surface area contributed by atoms with E-state index in [0.29, 0.717) is 6.54 Å². The molecule has 0 saturated carbocycles. The third-order valence-corrected chi connectivity index (χ3v) is 3.95. The van der Waals surface area contributed by atoms with Gasteiger partial charge in [0, 0.05) is 38.8 Å². The Morgan fingerprint density at radius 1 is 1.46 bits per heavy atom. The first-order chi connectivity index (χ1) is 11.7. The minimum absolute atomic E-state index is 0.0676. The Labute approximate surface area is 140 Å². The minimum atomic E-state index is -0.0676. The zero-order valence-corrected chi connectivity index (χ0v) is 13.8. The highest BCUT2D eigenvalue weighted by Crippen LogP contribution is 2.18. The molecule has 0 bridgehead atoms. The number of hydrogen-bond acceptors (Lipinski definition) is 6. The minimum Gasteiger partial charge on any atom is -0.489 e. The molecule has 24 heavy (non-hydrogen) atoms. The molecule has 0 radical (unpaired) electrons. The second kappa shape index (κ2) is 7.87.